The lowest BCUT2D eigenvalue weighted by molar-refractivity contribution is 0.415. The second-order valence-corrected chi connectivity index (χ2v) is 5.04. The summed E-state index contributed by atoms with van der Waals surface area (Å²) in [4.78, 5) is 4.30. The van der Waals surface area contributed by atoms with Crippen LogP contribution in [-0.4, -0.2) is 26.7 Å². The molecular formula is C12H21ClN4. The van der Waals surface area contributed by atoms with Crippen LogP contribution in [0.4, 0.5) is 0 Å². The smallest absolute Gasteiger partial charge is 0.140 e. The molecule has 1 heterocycles. The molecule has 4 nitrogen and oxygen atoms in total. The maximum absolute atomic E-state index is 5.97. The summed E-state index contributed by atoms with van der Waals surface area (Å²) in [6.07, 6.45) is 6.50. The van der Waals surface area contributed by atoms with E-state index in [1.807, 2.05) is 4.68 Å². The van der Waals surface area contributed by atoms with Crippen molar-refractivity contribution in [2.24, 2.45) is 5.92 Å². The fourth-order valence-electron chi connectivity index (χ4n) is 2.54. The Morgan fingerprint density at radius 2 is 2.41 bits per heavy atom. The summed E-state index contributed by atoms with van der Waals surface area (Å²) in [5, 5.41) is 7.81. The fourth-order valence-corrected chi connectivity index (χ4v) is 2.91. The molecule has 96 valence electrons. The van der Waals surface area contributed by atoms with Crippen molar-refractivity contribution in [3.05, 3.63) is 12.2 Å². The van der Waals surface area contributed by atoms with Crippen LogP contribution in [0.15, 0.2) is 6.33 Å². The first-order valence-corrected chi connectivity index (χ1v) is 7.04. The van der Waals surface area contributed by atoms with E-state index in [1.54, 1.807) is 6.33 Å². The molecule has 5 heteroatoms. The van der Waals surface area contributed by atoms with Crippen molar-refractivity contribution >= 4 is 11.6 Å². The first-order chi connectivity index (χ1) is 8.35. The average Bonchev–Trinajstić information content (AvgIpc) is 2.95. The molecule has 17 heavy (non-hydrogen) atoms. The Labute approximate surface area is 108 Å². The molecule has 1 aromatic rings. The molecule has 1 aliphatic rings. The predicted molar refractivity (Wildman–Crippen MR) is 69.0 cm³/mol. The summed E-state index contributed by atoms with van der Waals surface area (Å²) in [6, 6.07) is 0.555. The molecule has 2 rings (SSSR count). The molecule has 0 aliphatic heterocycles. The average molecular weight is 257 g/mol. The predicted octanol–water partition coefficient (Wildman–Crippen LogP) is 2.19. The van der Waals surface area contributed by atoms with Crippen molar-refractivity contribution in [1.29, 1.82) is 0 Å². The zero-order valence-electron chi connectivity index (χ0n) is 10.4. The summed E-state index contributed by atoms with van der Waals surface area (Å²) < 4.78 is 1.98. The summed E-state index contributed by atoms with van der Waals surface area (Å²) in [5.74, 6) is 2.42. The molecule has 2 unspecified atom stereocenters. The van der Waals surface area contributed by atoms with E-state index >= 15 is 0 Å². The minimum absolute atomic E-state index is 0.555. The van der Waals surface area contributed by atoms with Gasteiger partial charge < -0.3 is 5.32 Å². The van der Waals surface area contributed by atoms with Crippen LogP contribution in [0.2, 0.25) is 0 Å². The third-order valence-corrected chi connectivity index (χ3v) is 3.91. The molecule has 2 atom stereocenters. The van der Waals surface area contributed by atoms with E-state index in [9.17, 15) is 0 Å². The van der Waals surface area contributed by atoms with Gasteiger partial charge in [0.2, 0.25) is 0 Å². The number of aromatic nitrogens is 3. The van der Waals surface area contributed by atoms with E-state index in [1.165, 1.54) is 19.3 Å². The number of nitrogens with one attached hydrogen (secondary N) is 1. The number of hydrogen-bond donors (Lipinski definition) is 1. The Morgan fingerprint density at radius 3 is 3.18 bits per heavy atom. The Bertz CT molecular complexity index is 339. The first kappa shape index (κ1) is 12.8. The number of aryl methyl sites for hydroxylation is 1. The van der Waals surface area contributed by atoms with Crippen molar-refractivity contribution in [1.82, 2.24) is 20.1 Å². The van der Waals surface area contributed by atoms with Gasteiger partial charge in [-0.15, -0.1) is 11.6 Å². The molecule has 0 aromatic carbocycles. The highest BCUT2D eigenvalue weighted by atomic mass is 35.5. The third-order valence-electron chi connectivity index (χ3n) is 3.51. The zero-order valence-corrected chi connectivity index (χ0v) is 11.2. The van der Waals surface area contributed by atoms with Crippen LogP contribution in [0.1, 0.15) is 38.4 Å². The van der Waals surface area contributed by atoms with Crippen LogP contribution >= 0.6 is 11.6 Å². The van der Waals surface area contributed by atoms with Crippen molar-refractivity contribution in [3.8, 4) is 0 Å². The summed E-state index contributed by atoms with van der Waals surface area (Å²) in [5.41, 5.74) is 0. The van der Waals surface area contributed by atoms with Crippen LogP contribution < -0.4 is 5.32 Å². The number of halogens is 1. The Hall–Kier alpha value is -0.610. The Balaban J connectivity index is 1.86. The minimum atomic E-state index is 0.555. The maximum Gasteiger partial charge on any atom is 0.140 e. The van der Waals surface area contributed by atoms with Crippen molar-refractivity contribution < 1.29 is 0 Å². The lowest BCUT2D eigenvalue weighted by Crippen LogP contribution is -2.33. The molecule has 1 fully saturated rings. The molecule has 1 N–H and O–H groups in total. The van der Waals surface area contributed by atoms with Gasteiger partial charge in [0.05, 0.1) is 6.54 Å². The van der Waals surface area contributed by atoms with E-state index in [4.69, 9.17) is 11.6 Å². The molecule has 1 aliphatic carbocycles. The highest BCUT2D eigenvalue weighted by molar-refractivity contribution is 6.18. The maximum atomic E-state index is 5.97. The molecule has 1 aromatic heterocycles. The topological polar surface area (TPSA) is 42.7 Å². The monoisotopic (exact) mass is 256 g/mol. The molecule has 0 spiro atoms. The quantitative estimate of drug-likeness (QED) is 0.794. The van der Waals surface area contributed by atoms with E-state index in [0.29, 0.717) is 12.0 Å². The van der Waals surface area contributed by atoms with E-state index < -0.39 is 0 Å². The van der Waals surface area contributed by atoms with Gasteiger partial charge >= 0.3 is 0 Å². The van der Waals surface area contributed by atoms with Gasteiger partial charge in [-0.25, -0.2) is 9.67 Å². The number of nitrogens with zero attached hydrogens (tertiary/aromatic N) is 3. The first-order valence-electron chi connectivity index (χ1n) is 6.51. The zero-order chi connectivity index (χ0) is 12.1. The van der Waals surface area contributed by atoms with Gasteiger partial charge in [-0.1, -0.05) is 13.3 Å². The summed E-state index contributed by atoms with van der Waals surface area (Å²) in [7, 11) is 0. The fraction of sp³-hybridized carbons (Fsp3) is 0.833. The van der Waals surface area contributed by atoms with E-state index in [2.05, 4.69) is 22.3 Å². The van der Waals surface area contributed by atoms with Crippen LogP contribution in [-0.2, 0) is 13.1 Å². The number of hydrogen-bond acceptors (Lipinski definition) is 3. The second-order valence-electron chi connectivity index (χ2n) is 4.73. The Morgan fingerprint density at radius 1 is 1.53 bits per heavy atom. The standard InChI is InChI=1S/C12H21ClN4/c1-2-6-17-12(15-9-16-17)8-14-11-5-3-4-10(11)7-13/h9-11,14H,2-8H2,1H3. The number of alkyl halides is 1. The van der Waals surface area contributed by atoms with Gasteiger partial charge in [0.15, 0.2) is 0 Å². The Kier molecular flexibility index (Phi) is 4.80. The highest BCUT2D eigenvalue weighted by Crippen LogP contribution is 2.26. The van der Waals surface area contributed by atoms with Crippen molar-refractivity contribution in [2.75, 3.05) is 5.88 Å². The SMILES string of the molecule is CCCn1ncnc1CNC1CCCC1CCl. The molecule has 0 radical (unpaired) electrons. The van der Waals surface area contributed by atoms with Gasteiger partial charge in [-0.3, -0.25) is 0 Å². The summed E-state index contributed by atoms with van der Waals surface area (Å²) >= 11 is 5.97. The van der Waals surface area contributed by atoms with Gasteiger partial charge in [0.1, 0.15) is 12.2 Å². The molecule has 1 saturated carbocycles. The van der Waals surface area contributed by atoms with E-state index in [-0.39, 0.29) is 0 Å². The van der Waals surface area contributed by atoms with Gasteiger partial charge in [-0.05, 0) is 25.2 Å². The summed E-state index contributed by atoms with van der Waals surface area (Å²) in [6.45, 7) is 3.90. The number of rotatable bonds is 6. The van der Waals surface area contributed by atoms with Crippen molar-refractivity contribution in [2.45, 2.75) is 51.7 Å². The van der Waals surface area contributed by atoms with Gasteiger partial charge in [0, 0.05) is 18.5 Å². The molecule has 0 bridgehead atoms. The van der Waals surface area contributed by atoms with Crippen LogP contribution in [0, 0.1) is 5.92 Å². The minimum Gasteiger partial charge on any atom is -0.307 e. The normalized spacial score (nSPS) is 24.4. The third kappa shape index (κ3) is 3.19. The largest absolute Gasteiger partial charge is 0.307 e. The molecule has 0 saturated heterocycles. The van der Waals surface area contributed by atoms with Gasteiger partial charge in [0.25, 0.3) is 0 Å². The highest BCUT2D eigenvalue weighted by Gasteiger charge is 2.26. The molecular weight excluding hydrogens is 236 g/mol. The lowest BCUT2D eigenvalue weighted by Gasteiger charge is -2.18. The van der Waals surface area contributed by atoms with Gasteiger partial charge in [-0.2, -0.15) is 5.10 Å². The molecule has 0 amide bonds. The van der Waals surface area contributed by atoms with Crippen LogP contribution in [0.3, 0.4) is 0 Å². The second kappa shape index (κ2) is 6.36. The van der Waals surface area contributed by atoms with Crippen LogP contribution in [0.5, 0.6) is 0 Å². The lowest BCUT2D eigenvalue weighted by atomic mass is 10.1. The van der Waals surface area contributed by atoms with Crippen molar-refractivity contribution in [3.63, 3.8) is 0 Å². The van der Waals surface area contributed by atoms with Crippen LogP contribution in [0.25, 0.3) is 0 Å². The van der Waals surface area contributed by atoms with E-state index in [0.717, 1.165) is 31.2 Å².